The number of aromatic nitrogens is 2. The molecule has 2 aromatic carbocycles. The maximum atomic E-state index is 11.0. The minimum Gasteiger partial charge on any atom is -0.483 e. The predicted molar refractivity (Wildman–Crippen MR) is 109 cm³/mol. The molecule has 0 saturated carbocycles. The number of ether oxygens (including phenoxy) is 1. The highest BCUT2D eigenvalue weighted by atomic mass is 35.5. The van der Waals surface area contributed by atoms with Crippen molar-refractivity contribution in [3.05, 3.63) is 62.8 Å². The van der Waals surface area contributed by atoms with Gasteiger partial charge in [-0.25, -0.2) is 0 Å². The molecule has 0 unspecified atom stereocenters. The van der Waals surface area contributed by atoms with E-state index in [1.165, 1.54) is 0 Å². The van der Waals surface area contributed by atoms with E-state index < -0.39 is 0 Å². The van der Waals surface area contributed by atoms with Crippen LogP contribution in [0.15, 0.2) is 39.9 Å². The summed E-state index contributed by atoms with van der Waals surface area (Å²) in [6.45, 7) is 7.92. The van der Waals surface area contributed by atoms with Gasteiger partial charge in [0, 0.05) is 10.7 Å². The molecule has 28 heavy (non-hydrogen) atoms. The lowest BCUT2D eigenvalue weighted by atomic mass is 9.99. The molecule has 1 aromatic heterocycles. The van der Waals surface area contributed by atoms with E-state index in [0.29, 0.717) is 22.4 Å². The molecule has 0 bridgehead atoms. The molecule has 3 rings (SSSR count). The molecule has 0 atom stereocenters. The van der Waals surface area contributed by atoms with Gasteiger partial charge in [0.15, 0.2) is 6.61 Å². The topological polar surface area (TPSA) is 89.6 Å². The summed E-state index contributed by atoms with van der Waals surface area (Å²) in [6, 6.07) is 9.32. The van der Waals surface area contributed by atoms with Gasteiger partial charge in [-0.1, -0.05) is 36.6 Å². The summed E-state index contributed by atoms with van der Waals surface area (Å²) in [5.41, 5.74) is 3.85. The Kier molecular flexibility index (Phi) is 5.94. The Balaban J connectivity index is 1.73. The summed E-state index contributed by atoms with van der Waals surface area (Å²) in [5, 5.41) is 14.7. The summed E-state index contributed by atoms with van der Waals surface area (Å²) in [4.78, 5) is 11.0. The van der Waals surface area contributed by atoms with Gasteiger partial charge < -0.3 is 14.5 Å². The molecule has 146 valence electrons. The van der Waals surface area contributed by atoms with Crippen LogP contribution in [-0.4, -0.2) is 10.2 Å². The van der Waals surface area contributed by atoms with Crippen LogP contribution in [0.1, 0.15) is 42.3 Å². The highest BCUT2D eigenvalue weighted by Crippen LogP contribution is 2.34. The van der Waals surface area contributed by atoms with E-state index in [0.717, 1.165) is 22.4 Å². The molecule has 1 heterocycles. The van der Waals surface area contributed by atoms with Gasteiger partial charge in [0.2, 0.25) is 0 Å². The predicted octanol–water partition coefficient (Wildman–Crippen LogP) is 6.18. The zero-order valence-electron chi connectivity index (χ0n) is 16.1. The zero-order chi connectivity index (χ0) is 20.3. The summed E-state index contributed by atoms with van der Waals surface area (Å²) >= 11 is 6.03. The van der Waals surface area contributed by atoms with Crippen molar-refractivity contribution in [2.75, 3.05) is 5.32 Å². The van der Waals surface area contributed by atoms with Gasteiger partial charge in [-0.2, -0.15) is 0 Å². The lowest BCUT2D eigenvalue weighted by molar-refractivity contribution is 0.261. The van der Waals surface area contributed by atoms with Crippen molar-refractivity contribution in [1.82, 2.24) is 10.2 Å². The van der Waals surface area contributed by atoms with Crippen LogP contribution in [0.2, 0.25) is 5.02 Å². The fourth-order valence-electron chi connectivity index (χ4n) is 2.71. The Bertz CT molecular complexity index is 1000. The van der Waals surface area contributed by atoms with Crippen molar-refractivity contribution in [2.45, 2.75) is 40.2 Å². The number of nitrogens with zero attached hydrogens (tertiary/aromatic N) is 3. The van der Waals surface area contributed by atoms with Crippen LogP contribution < -0.4 is 10.1 Å². The highest BCUT2D eigenvalue weighted by Gasteiger charge is 2.14. The standard InChI is InChI=1S/C20H21ClN4O3/c1-11(2)15-9-17(25-26)13(4)7-18(15)27-10-19-23-24-20(28-19)22-16-8-14(21)6-5-12(16)3/h5-9,11H,10H2,1-4H3,(H,22,24). The number of benzene rings is 2. The van der Waals surface area contributed by atoms with E-state index in [1.54, 1.807) is 18.2 Å². The van der Waals surface area contributed by atoms with E-state index in [-0.39, 0.29) is 18.5 Å². The molecule has 8 heteroatoms. The smallest absolute Gasteiger partial charge is 0.320 e. The first kappa shape index (κ1) is 19.8. The quantitative estimate of drug-likeness (QED) is 0.476. The van der Waals surface area contributed by atoms with Crippen LogP contribution in [0.4, 0.5) is 17.4 Å². The molecule has 0 spiro atoms. The number of aryl methyl sites for hydroxylation is 2. The monoisotopic (exact) mass is 400 g/mol. The van der Waals surface area contributed by atoms with Gasteiger partial charge in [0.1, 0.15) is 11.4 Å². The summed E-state index contributed by atoms with van der Waals surface area (Å²) in [5.74, 6) is 1.16. The Labute approximate surface area is 168 Å². The second kappa shape index (κ2) is 8.39. The summed E-state index contributed by atoms with van der Waals surface area (Å²) in [6.07, 6.45) is 0. The van der Waals surface area contributed by atoms with Crippen LogP contribution in [-0.2, 0) is 6.61 Å². The first-order chi connectivity index (χ1) is 13.4. The van der Waals surface area contributed by atoms with Gasteiger partial charge in [0.25, 0.3) is 5.89 Å². The van der Waals surface area contributed by atoms with Crippen molar-refractivity contribution in [1.29, 1.82) is 0 Å². The third-order valence-electron chi connectivity index (χ3n) is 4.31. The van der Waals surface area contributed by atoms with E-state index in [1.807, 2.05) is 39.8 Å². The third-order valence-corrected chi connectivity index (χ3v) is 4.54. The molecule has 1 N–H and O–H groups in total. The minimum absolute atomic E-state index is 0.107. The van der Waals surface area contributed by atoms with Gasteiger partial charge >= 0.3 is 6.01 Å². The summed E-state index contributed by atoms with van der Waals surface area (Å²) in [7, 11) is 0. The van der Waals surface area contributed by atoms with E-state index in [4.69, 9.17) is 20.8 Å². The number of nitrogens with one attached hydrogen (secondary N) is 1. The summed E-state index contributed by atoms with van der Waals surface area (Å²) < 4.78 is 11.5. The molecule has 0 amide bonds. The SMILES string of the molecule is Cc1cc(OCc2nnc(Nc3cc(Cl)ccc3C)o2)c(C(C)C)cc1N=O. The fourth-order valence-corrected chi connectivity index (χ4v) is 2.88. The maximum absolute atomic E-state index is 11.0. The first-order valence-corrected chi connectivity index (χ1v) is 9.21. The van der Waals surface area contributed by atoms with E-state index in [9.17, 15) is 4.91 Å². The van der Waals surface area contributed by atoms with Crippen molar-refractivity contribution in [3.63, 3.8) is 0 Å². The van der Waals surface area contributed by atoms with Crippen LogP contribution >= 0.6 is 11.6 Å². The van der Waals surface area contributed by atoms with Gasteiger partial charge in [-0.15, -0.1) is 10.0 Å². The Hall–Kier alpha value is -2.93. The second-order valence-corrected chi connectivity index (χ2v) is 7.23. The highest BCUT2D eigenvalue weighted by molar-refractivity contribution is 6.30. The van der Waals surface area contributed by atoms with Gasteiger partial charge in [-0.05, 0) is 65.9 Å². The van der Waals surface area contributed by atoms with Gasteiger partial charge in [-0.3, -0.25) is 0 Å². The molecule has 0 aliphatic rings. The molecule has 0 radical (unpaired) electrons. The van der Waals surface area contributed by atoms with Crippen molar-refractivity contribution >= 4 is 29.0 Å². The number of nitroso groups, excluding NO2 is 1. The molecular weight excluding hydrogens is 380 g/mol. The number of hydrogen-bond donors (Lipinski definition) is 1. The van der Waals surface area contributed by atoms with E-state index >= 15 is 0 Å². The Morgan fingerprint density at radius 3 is 2.68 bits per heavy atom. The van der Waals surface area contributed by atoms with Crippen LogP contribution in [0.25, 0.3) is 0 Å². The van der Waals surface area contributed by atoms with Crippen molar-refractivity contribution < 1.29 is 9.15 Å². The number of halogens is 1. The van der Waals surface area contributed by atoms with Crippen molar-refractivity contribution in [3.8, 4) is 5.75 Å². The fraction of sp³-hybridized carbons (Fsp3) is 0.300. The Morgan fingerprint density at radius 2 is 1.96 bits per heavy atom. The minimum atomic E-state index is 0.107. The van der Waals surface area contributed by atoms with Crippen LogP contribution in [0.5, 0.6) is 5.75 Å². The van der Waals surface area contributed by atoms with Crippen LogP contribution in [0.3, 0.4) is 0 Å². The van der Waals surface area contributed by atoms with Gasteiger partial charge in [0.05, 0.1) is 0 Å². The Morgan fingerprint density at radius 1 is 1.18 bits per heavy atom. The molecule has 7 nitrogen and oxygen atoms in total. The zero-order valence-corrected chi connectivity index (χ0v) is 16.9. The second-order valence-electron chi connectivity index (χ2n) is 6.80. The number of rotatable bonds is 7. The largest absolute Gasteiger partial charge is 0.483 e. The average Bonchev–Trinajstić information content (AvgIpc) is 3.10. The lowest BCUT2D eigenvalue weighted by Crippen LogP contribution is -2.01. The van der Waals surface area contributed by atoms with Crippen molar-refractivity contribution in [2.24, 2.45) is 5.18 Å². The maximum Gasteiger partial charge on any atom is 0.320 e. The molecule has 0 aliphatic heterocycles. The average molecular weight is 401 g/mol. The normalized spacial score (nSPS) is 10.9. The molecule has 0 fully saturated rings. The number of anilines is 2. The lowest BCUT2D eigenvalue weighted by Gasteiger charge is -2.14. The first-order valence-electron chi connectivity index (χ1n) is 8.83. The molecule has 3 aromatic rings. The molecule has 0 saturated heterocycles. The molecule has 0 aliphatic carbocycles. The third kappa shape index (κ3) is 4.48. The number of hydrogen-bond acceptors (Lipinski definition) is 7. The van der Waals surface area contributed by atoms with Crippen LogP contribution in [0, 0.1) is 18.8 Å². The van der Waals surface area contributed by atoms with E-state index in [2.05, 4.69) is 20.7 Å². The molecular formula is C20H21ClN4O3.